The fourth-order valence-electron chi connectivity index (χ4n) is 2.98. The zero-order valence-electron chi connectivity index (χ0n) is 16.2. The molecule has 0 aromatic heterocycles. The van der Waals surface area contributed by atoms with Crippen molar-refractivity contribution < 1.29 is 0 Å². The summed E-state index contributed by atoms with van der Waals surface area (Å²) in [7, 11) is 0. The third kappa shape index (κ3) is 5.09. The molecule has 4 heteroatoms. The molecule has 2 nitrogen and oxygen atoms in total. The Morgan fingerprint density at radius 2 is 1.03 bits per heavy atom. The third-order valence-corrected chi connectivity index (χ3v) is 5.33. The summed E-state index contributed by atoms with van der Waals surface area (Å²) in [5, 5.41) is 0. The molecule has 0 saturated heterocycles. The Balaban J connectivity index is 1.59. The smallest absolute Gasteiger partial charge is 0.0769 e. The van der Waals surface area contributed by atoms with Crippen LogP contribution in [-0.2, 0) is 0 Å². The van der Waals surface area contributed by atoms with Gasteiger partial charge in [0.05, 0.1) is 11.4 Å². The zero-order chi connectivity index (χ0) is 20.8. The van der Waals surface area contributed by atoms with Crippen molar-refractivity contribution in [2.45, 2.75) is 9.79 Å². The van der Waals surface area contributed by atoms with E-state index in [1.54, 1.807) is 0 Å². The van der Waals surface area contributed by atoms with E-state index in [2.05, 4.69) is 41.3 Å². The van der Waals surface area contributed by atoms with Gasteiger partial charge in [-0.3, -0.25) is 9.98 Å². The second kappa shape index (κ2) is 9.61. The molecule has 0 bridgehead atoms. The van der Waals surface area contributed by atoms with Crippen LogP contribution in [0, 0.1) is 0 Å². The molecule has 0 saturated carbocycles. The fraction of sp³-hybridized carbons (Fsp3) is 0. The highest BCUT2D eigenvalue weighted by Gasteiger charge is 2.05. The number of nitrogens with zero attached hydrogens (tertiary/aromatic N) is 2. The van der Waals surface area contributed by atoms with Crippen molar-refractivity contribution in [3.8, 4) is 11.1 Å². The lowest BCUT2D eigenvalue weighted by atomic mass is 10.0. The quantitative estimate of drug-likeness (QED) is 0.246. The normalized spacial score (nSPS) is 11.4. The molecule has 0 N–H and O–H groups in total. The van der Waals surface area contributed by atoms with Crippen molar-refractivity contribution in [3.63, 3.8) is 0 Å². The summed E-state index contributed by atoms with van der Waals surface area (Å²) in [6.07, 6.45) is 3.70. The van der Waals surface area contributed by atoms with Crippen LogP contribution in [-0.4, -0.2) is 12.4 Å². The predicted molar refractivity (Wildman–Crippen MR) is 134 cm³/mol. The van der Waals surface area contributed by atoms with Crippen molar-refractivity contribution in [2.24, 2.45) is 9.98 Å². The molecule has 4 aromatic carbocycles. The molecule has 0 aliphatic rings. The second-order valence-corrected chi connectivity index (χ2v) is 7.71. The standard InChI is InChI=1S/C26H20N2S2/c29-25-14-12-21(15-24(25)28-18-20-9-5-2-6-10-20)22-11-13-23(26(30)16-22)27-17-19-7-3-1-4-8-19/h1-18,29-30H. The van der Waals surface area contributed by atoms with Gasteiger partial charge in [-0.15, -0.1) is 25.3 Å². The Hall–Kier alpha value is -3.08. The molecule has 4 aromatic rings. The minimum absolute atomic E-state index is 0.823. The molecular weight excluding hydrogens is 404 g/mol. The number of benzene rings is 4. The highest BCUT2D eigenvalue weighted by molar-refractivity contribution is 7.80. The Kier molecular flexibility index (Phi) is 6.47. The van der Waals surface area contributed by atoms with Crippen LogP contribution in [0.1, 0.15) is 11.1 Å². The summed E-state index contributed by atoms with van der Waals surface area (Å²) in [4.78, 5) is 10.8. The summed E-state index contributed by atoms with van der Waals surface area (Å²) in [5.41, 5.74) is 5.88. The highest BCUT2D eigenvalue weighted by atomic mass is 32.1. The van der Waals surface area contributed by atoms with Crippen molar-refractivity contribution in [1.29, 1.82) is 0 Å². The first-order chi connectivity index (χ1) is 14.7. The van der Waals surface area contributed by atoms with E-state index >= 15 is 0 Å². The van der Waals surface area contributed by atoms with Gasteiger partial charge in [-0.2, -0.15) is 0 Å². The molecule has 0 amide bonds. The van der Waals surface area contributed by atoms with E-state index in [0.717, 1.165) is 43.4 Å². The maximum Gasteiger partial charge on any atom is 0.0769 e. The van der Waals surface area contributed by atoms with Crippen molar-refractivity contribution >= 4 is 49.1 Å². The number of hydrogen-bond acceptors (Lipinski definition) is 4. The van der Waals surface area contributed by atoms with Gasteiger partial charge in [0.1, 0.15) is 0 Å². The first-order valence-electron chi connectivity index (χ1n) is 9.54. The van der Waals surface area contributed by atoms with Gasteiger partial charge in [-0.25, -0.2) is 0 Å². The molecule has 0 spiro atoms. The van der Waals surface area contributed by atoms with Crippen molar-refractivity contribution in [3.05, 3.63) is 108 Å². The molecule has 0 unspecified atom stereocenters. The van der Waals surface area contributed by atoms with Crippen molar-refractivity contribution in [1.82, 2.24) is 0 Å². The van der Waals surface area contributed by atoms with Gasteiger partial charge in [-0.05, 0) is 46.5 Å². The summed E-state index contributed by atoms with van der Waals surface area (Å²) in [6.45, 7) is 0. The van der Waals surface area contributed by atoms with E-state index in [9.17, 15) is 0 Å². The van der Waals surface area contributed by atoms with E-state index in [1.807, 2.05) is 103 Å². The summed E-state index contributed by atoms with van der Waals surface area (Å²) < 4.78 is 0. The molecule has 0 heterocycles. The van der Waals surface area contributed by atoms with Crippen LogP contribution >= 0.6 is 25.3 Å². The van der Waals surface area contributed by atoms with E-state index < -0.39 is 0 Å². The van der Waals surface area contributed by atoms with Crippen LogP contribution in [0.3, 0.4) is 0 Å². The lowest BCUT2D eigenvalue weighted by molar-refractivity contribution is 1.36. The molecule has 4 rings (SSSR count). The average Bonchev–Trinajstić information content (AvgIpc) is 2.79. The lowest BCUT2D eigenvalue weighted by Crippen LogP contribution is -1.83. The Morgan fingerprint density at radius 3 is 1.63 bits per heavy atom. The van der Waals surface area contributed by atoms with E-state index in [0.29, 0.717) is 0 Å². The molecule has 30 heavy (non-hydrogen) atoms. The lowest BCUT2D eigenvalue weighted by Gasteiger charge is -2.08. The number of rotatable bonds is 5. The number of thiol groups is 2. The van der Waals surface area contributed by atoms with Crippen LogP contribution in [0.25, 0.3) is 11.1 Å². The van der Waals surface area contributed by atoms with Gasteiger partial charge < -0.3 is 0 Å². The average molecular weight is 425 g/mol. The van der Waals surface area contributed by atoms with Crippen molar-refractivity contribution in [2.75, 3.05) is 0 Å². The van der Waals surface area contributed by atoms with Gasteiger partial charge >= 0.3 is 0 Å². The van der Waals surface area contributed by atoms with Crippen LogP contribution in [0.4, 0.5) is 11.4 Å². The summed E-state index contributed by atoms with van der Waals surface area (Å²) >= 11 is 9.20. The summed E-state index contributed by atoms with van der Waals surface area (Å²) in [5.74, 6) is 0. The predicted octanol–water partition coefficient (Wildman–Crippen LogP) is 7.43. The molecule has 0 aliphatic heterocycles. The monoisotopic (exact) mass is 424 g/mol. The zero-order valence-corrected chi connectivity index (χ0v) is 18.0. The van der Waals surface area contributed by atoms with Gasteiger partial charge in [0.25, 0.3) is 0 Å². The van der Waals surface area contributed by atoms with Gasteiger partial charge in [0.15, 0.2) is 0 Å². The SMILES string of the molecule is Sc1cc(-c2ccc(S)c(N=Cc3ccccc3)c2)ccc1N=Cc1ccccc1. The third-order valence-electron chi connectivity index (χ3n) is 4.59. The highest BCUT2D eigenvalue weighted by Crippen LogP contribution is 2.33. The first-order valence-corrected chi connectivity index (χ1v) is 10.4. The number of aliphatic imine (C=N–C) groups is 2. The minimum atomic E-state index is 0.823. The van der Waals surface area contributed by atoms with Gasteiger partial charge in [0, 0.05) is 22.2 Å². The fourth-order valence-corrected chi connectivity index (χ4v) is 3.45. The van der Waals surface area contributed by atoms with E-state index in [-0.39, 0.29) is 0 Å². The molecule has 0 atom stereocenters. The number of hydrogen-bond donors (Lipinski definition) is 2. The van der Waals surface area contributed by atoms with Gasteiger partial charge in [-0.1, -0.05) is 72.8 Å². The Bertz CT molecular complexity index is 1200. The topological polar surface area (TPSA) is 24.7 Å². The maximum atomic E-state index is 4.64. The van der Waals surface area contributed by atoms with E-state index in [1.165, 1.54) is 0 Å². The first kappa shape index (κ1) is 20.2. The summed E-state index contributed by atoms with van der Waals surface area (Å²) in [6, 6.07) is 32.2. The Morgan fingerprint density at radius 1 is 0.500 bits per heavy atom. The molecule has 0 fully saturated rings. The molecular formula is C26H20N2S2. The van der Waals surface area contributed by atoms with Crippen LogP contribution < -0.4 is 0 Å². The Labute approximate surface area is 187 Å². The van der Waals surface area contributed by atoms with Crippen LogP contribution in [0.5, 0.6) is 0 Å². The van der Waals surface area contributed by atoms with E-state index in [4.69, 9.17) is 0 Å². The van der Waals surface area contributed by atoms with Crippen LogP contribution in [0.2, 0.25) is 0 Å². The van der Waals surface area contributed by atoms with Crippen LogP contribution in [0.15, 0.2) is 117 Å². The minimum Gasteiger partial charge on any atom is -0.255 e. The largest absolute Gasteiger partial charge is 0.255 e. The molecule has 0 radical (unpaired) electrons. The maximum absolute atomic E-state index is 4.64. The molecule has 0 aliphatic carbocycles. The second-order valence-electron chi connectivity index (χ2n) is 6.74. The van der Waals surface area contributed by atoms with Gasteiger partial charge in [0.2, 0.25) is 0 Å². The molecule has 146 valence electrons.